The summed E-state index contributed by atoms with van der Waals surface area (Å²) in [6, 6.07) is 9.91. The maximum Gasteiger partial charge on any atom is 0 e. The van der Waals surface area contributed by atoms with Crippen LogP contribution in [0.25, 0.3) is 0 Å². The molecule has 0 aliphatic rings. The van der Waals surface area contributed by atoms with Crippen molar-refractivity contribution in [2.24, 2.45) is 5.92 Å². The van der Waals surface area contributed by atoms with Crippen LogP contribution in [0, 0.1) is 50.9 Å². The molecule has 0 N–H and O–H groups in total. The Morgan fingerprint density at radius 3 is 2.04 bits per heavy atom. The van der Waals surface area contributed by atoms with Crippen LogP contribution < -0.4 is 0 Å². The Kier molecular flexibility index (Phi) is 31.2. The molecule has 0 aliphatic carbocycles. The van der Waals surface area contributed by atoms with Gasteiger partial charge < -0.3 is 9.53 Å². The maximum atomic E-state index is 12.0. The van der Waals surface area contributed by atoms with Gasteiger partial charge in [-0.1, -0.05) is 50.4 Å². The Balaban J connectivity index is -0.000000312. The minimum atomic E-state index is -0.0596. The van der Waals surface area contributed by atoms with Gasteiger partial charge in [0.1, 0.15) is 0 Å². The van der Waals surface area contributed by atoms with Crippen LogP contribution in [-0.4, -0.2) is 12.4 Å². The summed E-state index contributed by atoms with van der Waals surface area (Å²) in [6.45, 7) is 19.9. The van der Waals surface area contributed by atoms with E-state index in [0.717, 1.165) is 11.5 Å². The van der Waals surface area contributed by atoms with Crippen molar-refractivity contribution in [1.29, 1.82) is 0 Å². The molecule has 5 nitrogen and oxygen atoms in total. The van der Waals surface area contributed by atoms with E-state index in [1.165, 1.54) is 6.08 Å². The molecule has 0 heterocycles. The minimum Gasteiger partial charge on any atom is 0 e. The molecule has 0 saturated heterocycles. The van der Waals surface area contributed by atoms with Gasteiger partial charge in [-0.2, -0.15) is 6.08 Å². The maximum absolute atomic E-state index is 12.0. The summed E-state index contributed by atoms with van der Waals surface area (Å²) < 4.78 is 27.4. The number of benzene rings is 1. The minimum absolute atomic E-state index is 0. The first-order valence-corrected chi connectivity index (χ1v) is 7.11. The van der Waals surface area contributed by atoms with Crippen molar-refractivity contribution in [3.63, 3.8) is 0 Å². The summed E-state index contributed by atoms with van der Waals surface area (Å²) >= 11 is 0. The van der Waals surface area contributed by atoms with Gasteiger partial charge in [0, 0.05) is 22.9 Å². The Labute approximate surface area is 166 Å². The number of rotatable bonds is 8. The van der Waals surface area contributed by atoms with E-state index in [0.29, 0.717) is 6.61 Å². The normalized spacial score (nSPS) is 8.58. The van der Waals surface area contributed by atoms with Gasteiger partial charge in [0.15, 0.2) is 0 Å². The molecule has 0 fully saturated rings. The van der Waals surface area contributed by atoms with Gasteiger partial charge in [0.05, 0.1) is 6.61 Å². The van der Waals surface area contributed by atoms with Crippen LogP contribution in [0.3, 0.4) is 0 Å². The van der Waals surface area contributed by atoms with E-state index in [9.17, 15) is 4.79 Å². The van der Waals surface area contributed by atoms with Crippen LogP contribution in [0.1, 0.15) is 26.3 Å². The molecule has 1 aromatic rings. The Morgan fingerprint density at radius 2 is 1.62 bits per heavy atom. The summed E-state index contributed by atoms with van der Waals surface area (Å²) in [5.74, 6) is 0.846. The summed E-state index contributed by atoms with van der Waals surface area (Å²) in [5, 5.41) is 0. The topological polar surface area (TPSA) is 86.0 Å². The van der Waals surface area contributed by atoms with Crippen molar-refractivity contribution in [3.05, 3.63) is 86.9 Å². The summed E-state index contributed by atoms with van der Waals surface area (Å²) in [4.78, 5) is 12.0. The van der Waals surface area contributed by atoms with Crippen molar-refractivity contribution in [3.8, 4) is 0 Å². The molecule has 1 rings (SSSR count). The third-order valence-corrected chi connectivity index (χ3v) is 2.58. The van der Waals surface area contributed by atoms with Crippen molar-refractivity contribution < 1.29 is 40.6 Å². The fourth-order valence-electron chi connectivity index (χ4n) is 1.57. The predicted molar refractivity (Wildman–Crippen MR) is 88.5 cm³/mol. The van der Waals surface area contributed by atoms with Crippen molar-refractivity contribution >= 4 is 5.78 Å². The molecule has 0 amide bonds. The molecular weight excluding hydrogens is 376 g/mol. The van der Waals surface area contributed by atoms with Crippen LogP contribution in [0.4, 0.5) is 0 Å². The molecule has 0 spiro atoms. The Morgan fingerprint density at radius 1 is 1.12 bits per heavy atom. The molecule has 0 aliphatic heterocycles. The molecule has 0 bridgehead atoms. The second-order valence-electron chi connectivity index (χ2n) is 4.41. The van der Waals surface area contributed by atoms with Gasteiger partial charge in [-0.05, 0) is 37.2 Å². The standard InChI is InChI=1S/C17H20O2.3CO.Fe/c1-4-19-13-12-17(18)16(14(2)3)11-10-15-8-6-5-7-9-15;3*1-2;/h5-12,14H,4H2,1-3H3;;;;/q-1;;;;. The third-order valence-electron chi connectivity index (χ3n) is 2.58. The molecule has 0 aromatic heterocycles. The SMILES string of the molecule is CCO[C-]=CC(=O)[C]([CH][CH]c1ccccc1)C(C)C.[C-]#[O+].[C-]#[O+].[C-]#[O+].[Fe]. The quantitative estimate of drug-likeness (QED) is 0.222. The number of hydrogen-bond donors (Lipinski definition) is 0. The first kappa shape index (κ1) is 31.9. The fraction of sp³-hybridized carbons (Fsp3) is 0.250. The molecule has 139 valence electrons. The van der Waals surface area contributed by atoms with E-state index >= 15 is 0 Å². The van der Waals surface area contributed by atoms with Crippen LogP contribution >= 0.6 is 0 Å². The summed E-state index contributed by atoms with van der Waals surface area (Å²) in [5.41, 5.74) is 1.08. The van der Waals surface area contributed by atoms with E-state index < -0.39 is 0 Å². The van der Waals surface area contributed by atoms with Gasteiger partial charge in [0.2, 0.25) is 0 Å². The van der Waals surface area contributed by atoms with E-state index in [2.05, 4.69) is 26.2 Å². The van der Waals surface area contributed by atoms with Crippen LogP contribution in [0.5, 0.6) is 0 Å². The molecule has 0 saturated carbocycles. The zero-order valence-corrected chi connectivity index (χ0v) is 15.9. The van der Waals surface area contributed by atoms with Gasteiger partial charge in [-0.25, -0.2) is 0 Å². The predicted octanol–water partition coefficient (Wildman–Crippen LogP) is 3.48. The monoisotopic (exact) mass is 396 g/mol. The van der Waals surface area contributed by atoms with Crippen LogP contribution in [0.2, 0.25) is 0 Å². The first-order chi connectivity index (χ1) is 12.1. The van der Waals surface area contributed by atoms with Crippen LogP contribution in [0.15, 0.2) is 36.4 Å². The van der Waals surface area contributed by atoms with Crippen molar-refractivity contribution in [1.82, 2.24) is 0 Å². The number of carbonyl (C=O) groups is 1. The number of ether oxygens (including phenoxy) is 1. The number of allylic oxidation sites excluding steroid dienone is 1. The Bertz CT molecular complexity index is 504. The van der Waals surface area contributed by atoms with Gasteiger partial charge in [0.25, 0.3) is 0 Å². The number of carbonyl (C=O) groups excluding carboxylic acids is 1. The molecule has 26 heavy (non-hydrogen) atoms. The summed E-state index contributed by atoms with van der Waals surface area (Å²) in [6.07, 6.45) is 7.71. The van der Waals surface area contributed by atoms with E-state index in [4.69, 9.17) is 18.7 Å². The zero-order valence-electron chi connectivity index (χ0n) is 14.8. The number of ketones is 1. The van der Waals surface area contributed by atoms with Crippen LogP contribution in [-0.2, 0) is 40.6 Å². The molecular formula is C20H20FeO5-. The fourth-order valence-corrected chi connectivity index (χ4v) is 1.57. The average molecular weight is 396 g/mol. The largest absolute Gasteiger partial charge is 0 e. The average Bonchev–Trinajstić information content (AvgIpc) is 2.67. The number of hydrogen-bond acceptors (Lipinski definition) is 2. The summed E-state index contributed by atoms with van der Waals surface area (Å²) in [7, 11) is 0. The second kappa shape index (κ2) is 25.4. The van der Waals surface area contributed by atoms with Gasteiger partial charge in [-0.15, -0.1) is 0 Å². The second-order valence-corrected chi connectivity index (χ2v) is 4.41. The molecule has 1 aromatic carbocycles. The molecule has 0 unspecified atom stereocenters. The van der Waals surface area contributed by atoms with E-state index in [1.807, 2.05) is 63.9 Å². The smallest absolute Gasteiger partial charge is 0 e. The molecule has 0 atom stereocenters. The van der Waals surface area contributed by atoms with Crippen molar-refractivity contribution in [2.75, 3.05) is 6.61 Å². The molecule has 3 radical (unpaired) electrons. The van der Waals surface area contributed by atoms with Gasteiger partial charge in [-0.3, -0.25) is 0 Å². The first-order valence-electron chi connectivity index (χ1n) is 7.11. The van der Waals surface area contributed by atoms with Crippen molar-refractivity contribution in [2.45, 2.75) is 20.8 Å². The zero-order chi connectivity index (χ0) is 20.1. The van der Waals surface area contributed by atoms with E-state index in [1.54, 1.807) is 0 Å². The van der Waals surface area contributed by atoms with Gasteiger partial charge >= 0.3 is 33.9 Å². The molecule has 6 heteroatoms. The third kappa shape index (κ3) is 17.0. The Hall–Kier alpha value is -1.83. The van der Waals surface area contributed by atoms with E-state index in [-0.39, 0.29) is 28.8 Å².